The highest BCUT2D eigenvalue weighted by molar-refractivity contribution is 6.33. The number of allylic oxidation sites excluding steroid dienone is 1. The van der Waals surface area contributed by atoms with Gasteiger partial charge in [-0.05, 0) is 30.5 Å². The van der Waals surface area contributed by atoms with E-state index in [0.29, 0.717) is 6.54 Å². The number of aldehydes is 1. The van der Waals surface area contributed by atoms with E-state index in [1.165, 1.54) is 0 Å². The van der Waals surface area contributed by atoms with Gasteiger partial charge in [-0.25, -0.2) is 0 Å². The number of rotatable bonds is 1. The summed E-state index contributed by atoms with van der Waals surface area (Å²) in [6.45, 7) is 0.687. The maximum Gasteiger partial charge on any atom is 0.396 e. The Hall–Kier alpha value is -1.71. The van der Waals surface area contributed by atoms with Gasteiger partial charge in [0.2, 0.25) is 0 Å². The average molecular weight is 183 g/mol. The zero-order chi connectivity index (χ0) is 9.54. The molecular formula is C10H8BN2O. The minimum absolute atomic E-state index is 0.687. The lowest BCUT2D eigenvalue weighted by Crippen LogP contribution is -2.32. The third-order valence-electron chi connectivity index (χ3n) is 2.54. The molecule has 0 saturated heterocycles. The van der Waals surface area contributed by atoms with Crippen LogP contribution in [0, 0.1) is 0 Å². The summed E-state index contributed by atoms with van der Waals surface area (Å²) in [5, 5.41) is 0. The highest BCUT2D eigenvalue weighted by Gasteiger charge is 2.23. The fourth-order valence-corrected chi connectivity index (χ4v) is 1.85. The normalized spacial score (nSPS) is 17.9. The Balaban J connectivity index is 2.05. The van der Waals surface area contributed by atoms with E-state index in [4.69, 9.17) is 0 Å². The fraction of sp³-hybridized carbons (Fsp3) is 0.100. The molecule has 3 nitrogen and oxygen atoms in total. The first kappa shape index (κ1) is 7.68. The Morgan fingerprint density at radius 1 is 1.43 bits per heavy atom. The molecule has 1 aromatic heterocycles. The zero-order valence-corrected chi connectivity index (χ0v) is 7.55. The fourth-order valence-electron chi connectivity index (χ4n) is 1.85. The van der Waals surface area contributed by atoms with Crippen molar-refractivity contribution in [2.45, 2.75) is 0 Å². The van der Waals surface area contributed by atoms with Gasteiger partial charge in [0.15, 0.2) is 0 Å². The van der Waals surface area contributed by atoms with Crippen LogP contribution in [0.3, 0.4) is 0 Å². The smallest absolute Gasteiger partial charge is 0.394 e. The van der Waals surface area contributed by atoms with Crippen LogP contribution >= 0.6 is 0 Å². The lowest BCUT2D eigenvalue weighted by molar-refractivity contribution is -0.104. The van der Waals surface area contributed by atoms with Gasteiger partial charge in [-0.2, -0.15) is 0 Å². The van der Waals surface area contributed by atoms with Gasteiger partial charge in [0.25, 0.3) is 0 Å². The SMILES string of the molecule is O=CC1=CC2=Cc3cccn3[B]N2C1. The number of nitrogens with zero attached hydrogens (tertiary/aromatic N) is 2. The molecule has 3 heterocycles. The van der Waals surface area contributed by atoms with E-state index < -0.39 is 0 Å². The maximum absolute atomic E-state index is 10.6. The number of aromatic nitrogens is 1. The molecule has 2 aliphatic heterocycles. The van der Waals surface area contributed by atoms with Crippen molar-refractivity contribution in [3.05, 3.63) is 41.4 Å². The zero-order valence-electron chi connectivity index (χ0n) is 7.55. The molecule has 2 aliphatic rings. The maximum atomic E-state index is 10.6. The molecule has 14 heavy (non-hydrogen) atoms. The summed E-state index contributed by atoms with van der Waals surface area (Å²) in [5.74, 6) is 0. The van der Waals surface area contributed by atoms with Crippen LogP contribution in [0.2, 0.25) is 0 Å². The average Bonchev–Trinajstić information content (AvgIpc) is 2.77. The predicted molar refractivity (Wildman–Crippen MR) is 54.4 cm³/mol. The van der Waals surface area contributed by atoms with Crippen molar-refractivity contribution < 1.29 is 4.79 Å². The topological polar surface area (TPSA) is 25.2 Å². The number of carbonyl (C=O) groups is 1. The third-order valence-corrected chi connectivity index (χ3v) is 2.54. The summed E-state index contributed by atoms with van der Waals surface area (Å²) in [4.78, 5) is 12.7. The van der Waals surface area contributed by atoms with Gasteiger partial charge in [-0.15, -0.1) is 0 Å². The molecule has 67 valence electrons. The molecule has 0 atom stereocenters. The molecular weight excluding hydrogens is 175 g/mol. The van der Waals surface area contributed by atoms with E-state index in [9.17, 15) is 4.79 Å². The van der Waals surface area contributed by atoms with Crippen LogP contribution in [-0.4, -0.2) is 29.7 Å². The van der Waals surface area contributed by atoms with Crippen molar-refractivity contribution in [2.75, 3.05) is 6.54 Å². The molecule has 3 rings (SSSR count). The second-order valence-corrected chi connectivity index (χ2v) is 3.49. The molecule has 0 aliphatic carbocycles. The van der Waals surface area contributed by atoms with E-state index in [0.717, 1.165) is 23.3 Å². The van der Waals surface area contributed by atoms with Crippen molar-refractivity contribution in [3.63, 3.8) is 0 Å². The Morgan fingerprint density at radius 3 is 3.21 bits per heavy atom. The molecule has 0 bridgehead atoms. The highest BCUT2D eigenvalue weighted by atomic mass is 16.1. The van der Waals surface area contributed by atoms with Crippen molar-refractivity contribution in [2.24, 2.45) is 0 Å². The van der Waals surface area contributed by atoms with Crippen LogP contribution in [0.25, 0.3) is 6.08 Å². The van der Waals surface area contributed by atoms with Gasteiger partial charge >= 0.3 is 7.55 Å². The van der Waals surface area contributed by atoms with E-state index in [1.54, 1.807) is 0 Å². The summed E-state index contributed by atoms with van der Waals surface area (Å²) in [6, 6.07) is 4.06. The van der Waals surface area contributed by atoms with Crippen molar-refractivity contribution in [3.8, 4) is 0 Å². The van der Waals surface area contributed by atoms with Crippen LogP contribution in [0.1, 0.15) is 5.69 Å². The van der Waals surface area contributed by atoms with Gasteiger partial charge in [-0.3, -0.25) is 4.79 Å². The van der Waals surface area contributed by atoms with Gasteiger partial charge in [0.05, 0.1) is 0 Å². The molecule has 0 spiro atoms. The van der Waals surface area contributed by atoms with E-state index >= 15 is 0 Å². The Morgan fingerprint density at radius 2 is 2.36 bits per heavy atom. The Labute approximate surface area is 82.6 Å². The van der Waals surface area contributed by atoms with Crippen molar-refractivity contribution >= 4 is 19.9 Å². The van der Waals surface area contributed by atoms with Crippen LogP contribution < -0.4 is 0 Å². The molecule has 0 N–H and O–H groups in total. The van der Waals surface area contributed by atoms with E-state index in [-0.39, 0.29) is 0 Å². The third kappa shape index (κ3) is 0.969. The first-order chi connectivity index (χ1) is 6.86. The van der Waals surface area contributed by atoms with Crippen LogP contribution in [0.5, 0.6) is 0 Å². The summed E-state index contributed by atoms with van der Waals surface area (Å²) in [7, 11) is 2.01. The van der Waals surface area contributed by atoms with E-state index in [1.807, 2.05) is 36.4 Å². The first-order valence-electron chi connectivity index (χ1n) is 4.53. The summed E-state index contributed by atoms with van der Waals surface area (Å²) < 4.78 is 2.05. The summed E-state index contributed by atoms with van der Waals surface area (Å²) >= 11 is 0. The first-order valence-corrected chi connectivity index (χ1v) is 4.53. The predicted octanol–water partition coefficient (Wildman–Crippen LogP) is 0.666. The van der Waals surface area contributed by atoms with Gasteiger partial charge in [0.1, 0.15) is 6.29 Å². The number of hydrogen-bond donors (Lipinski definition) is 0. The van der Waals surface area contributed by atoms with Gasteiger partial charge < -0.3 is 9.29 Å². The standard InChI is InChI=1S/C10H8BN2O/c14-7-8-4-10-5-9-2-1-3-12(9)11-13(10)6-8/h1-5,7H,6H2. The van der Waals surface area contributed by atoms with Crippen molar-refractivity contribution in [1.82, 2.24) is 9.29 Å². The number of fused-ring (bicyclic) bond motifs is 2. The van der Waals surface area contributed by atoms with Gasteiger partial charge in [-0.1, -0.05) is 0 Å². The molecule has 0 amide bonds. The largest absolute Gasteiger partial charge is 0.396 e. The number of hydrogen-bond acceptors (Lipinski definition) is 2. The van der Waals surface area contributed by atoms with Crippen LogP contribution in [0.4, 0.5) is 0 Å². The van der Waals surface area contributed by atoms with Crippen LogP contribution in [-0.2, 0) is 4.79 Å². The Bertz CT molecular complexity index is 458. The summed E-state index contributed by atoms with van der Waals surface area (Å²) in [6.07, 6.45) is 6.93. The monoisotopic (exact) mass is 183 g/mol. The minimum Gasteiger partial charge on any atom is -0.394 e. The molecule has 0 fully saturated rings. The van der Waals surface area contributed by atoms with E-state index in [2.05, 4.69) is 10.9 Å². The Kier molecular flexibility index (Phi) is 1.45. The highest BCUT2D eigenvalue weighted by Crippen LogP contribution is 2.24. The second-order valence-electron chi connectivity index (χ2n) is 3.49. The van der Waals surface area contributed by atoms with Crippen LogP contribution in [0.15, 0.2) is 35.7 Å². The van der Waals surface area contributed by atoms with Crippen molar-refractivity contribution in [1.29, 1.82) is 0 Å². The lowest BCUT2D eigenvalue weighted by Gasteiger charge is -2.24. The molecule has 0 aromatic carbocycles. The van der Waals surface area contributed by atoms with Gasteiger partial charge in [0, 0.05) is 23.5 Å². The quantitative estimate of drug-likeness (QED) is 0.472. The molecule has 1 radical (unpaired) electrons. The molecule has 0 saturated carbocycles. The lowest BCUT2D eigenvalue weighted by atomic mass is 10.0. The molecule has 4 heteroatoms. The number of carbonyl (C=O) groups excluding carboxylic acids is 1. The second kappa shape index (κ2) is 2.64. The molecule has 1 aromatic rings. The minimum atomic E-state index is 0.687. The molecule has 0 unspecified atom stereocenters. The summed E-state index contributed by atoms with van der Waals surface area (Å²) in [5.41, 5.74) is 3.08.